The lowest BCUT2D eigenvalue weighted by Gasteiger charge is -2.14. The first kappa shape index (κ1) is 12.7. The van der Waals surface area contributed by atoms with Gasteiger partial charge in [-0.05, 0) is 18.2 Å². The van der Waals surface area contributed by atoms with Crippen LogP contribution in [0.5, 0.6) is 0 Å². The summed E-state index contributed by atoms with van der Waals surface area (Å²) in [6.07, 6.45) is 0. The van der Waals surface area contributed by atoms with Gasteiger partial charge >= 0.3 is 5.97 Å². The SMILES string of the molecule is COCC(Nc1cc(F)cc(Cl)c1)C(=O)O. The van der Waals surface area contributed by atoms with Crippen molar-refractivity contribution in [1.82, 2.24) is 0 Å². The van der Waals surface area contributed by atoms with E-state index >= 15 is 0 Å². The predicted octanol–water partition coefficient (Wildman–Crippen LogP) is 1.99. The highest BCUT2D eigenvalue weighted by atomic mass is 35.5. The van der Waals surface area contributed by atoms with Crippen LogP contribution in [0.1, 0.15) is 0 Å². The number of hydrogen-bond donors (Lipinski definition) is 2. The molecule has 4 nitrogen and oxygen atoms in total. The van der Waals surface area contributed by atoms with Gasteiger partial charge in [-0.15, -0.1) is 0 Å². The number of carboxylic acid groups (broad SMARTS) is 1. The zero-order valence-electron chi connectivity index (χ0n) is 8.54. The molecule has 1 aromatic rings. The van der Waals surface area contributed by atoms with Gasteiger partial charge < -0.3 is 15.2 Å². The maximum Gasteiger partial charge on any atom is 0.328 e. The number of rotatable bonds is 5. The van der Waals surface area contributed by atoms with E-state index in [-0.39, 0.29) is 11.6 Å². The van der Waals surface area contributed by atoms with Gasteiger partial charge in [-0.3, -0.25) is 0 Å². The van der Waals surface area contributed by atoms with Gasteiger partial charge in [0.1, 0.15) is 11.9 Å². The Balaban J connectivity index is 2.80. The maximum atomic E-state index is 13.0. The van der Waals surface area contributed by atoms with E-state index in [1.807, 2.05) is 0 Å². The molecule has 1 unspecified atom stereocenters. The number of anilines is 1. The average molecular weight is 248 g/mol. The number of methoxy groups -OCH3 is 1. The Bertz CT molecular complexity index is 366. The fourth-order valence-corrected chi connectivity index (χ4v) is 1.40. The minimum atomic E-state index is -1.08. The first-order chi connectivity index (χ1) is 7.52. The first-order valence-corrected chi connectivity index (χ1v) is 4.85. The number of benzene rings is 1. The van der Waals surface area contributed by atoms with E-state index in [4.69, 9.17) is 21.4 Å². The summed E-state index contributed by atoms with van der Waals surface area (Å²) in [4.78, 5) is 10.8. The third kappa shape index (κ3) is 3.67. The lowest BCUT2D eigenvalue weighted by Crippen LogP contribution is -2.33. The molecule has 0 spiro atoms. The Hall–Kier alpha value is -1.33. The molecule has 0 heterocycles. The van der Waals surface area contributed by atoms with Crippen molar-refractivity contribution in [3.05, 3.63) is 29.0 Å². The molecule has 1 atom stereocenters. The van der Waals surface area contributed by atoms with Crippen LogP contribution < -0.4 is 5.32 Å². The van der Waals surface area contributed by atoms with Crippen molar-refractivity contribution in [2.45, 2.75) is 6.04 Å². The van der Waals surface area contributed by atoms with Gasteiger partial charge in [0, 0.05) is 17.8 Å². The molecule has 16 heavy (non-hydrogen) atoms. The quantitative estimate of drug-likeness (QED) is 0.836. The zero-order chi connectivity index (χ0) is 12.1. The highest BCUT2D eigenvalue weighted by molar-refractivity contribution is 6.30. The summed E-state index contributed by atoms with van der Waals surface area (Å²) in [6, 6.07) is 2.80. The van der Waals surface area contributed by atoms with E-state index in [2.05, 4.69) is 5.32 Å². The standard InChI is InChI=1S/C10H11ClFNO3/c1-16-5-9(10(14)15)13-8-3-6(11)2-7(12)4-8/h2-4,9,13H,5H2,1H3,(H,14,15). The fourth-order valence-electron chi connectivity index (χ4n) is 1.18. The smallest absolute Gasteiger partial charge is 0.328 e. The Labute approximate surface area is 97.0 Å². The van der Waals surface area contributed by atoms with E-state index in [9.17, 15) is 9.18 Å². The lowest BCUT2D eigenvalue weighted by atomic mass is 10.2. The molecule has 6 heteroatoms. The second-order valence-electron chi connectivity index (χ2n) is 3.15. The highest BCUT2D eigenvalue weighted by Gasteiger charge is 2.17. The fraction of sp³-hybridized carbons (Fsp3) is 0.300. The largest absolute Gasteiger partial charge is 0.480 e. The number of carboxylic acids is 1. The van der Waals surface area contributed by atoms with Crippen molar-refractivity contribution in [3.8, 4) is 0 Å². The maximum absolute atomic E-state index is 13.0. The van der Waals surface area contributed by atoms with Crippen molar-refractivity contribution in [1.29, 1.82) is 0 Å². The van der Waals surface area contributed by atoms with E-state index in [1.54, 1.807) is 0 Å². The predicted molar refractivity (Wildman–Crippen MR) is 58.3 cm³/mol. The molecule has 0 bridgehead atoms. The first-order valence-electron chi connectivity index (χ1n) is 4.47. The second-order valence-corrected chi connectivity index (χ2v) is 3.59. The highest BCUT2D eigenvalue weighted by Crippen LogP contribution is 2.18. The molecule has 0 aliphatic carbocycles. The molecule has 0 aliphatic heterocycles. The summed E-state index contributed by atoms with van der Waals surface area (Å²) >= 11 is 5.63. The van der Waals surface area contributed by atoms with Gasteiger partial charge in [-0.2, -0.15) is 0 Å². The van der Waals surface area contributed by atoms with E-state index in [0.717, 1.165) is 12.1 Å². The normalized spacial score (nSPS) is 12.2. The molecule has 0 aliphatic rings. The molecular weight excluding hydrogens is 237 g/mol. The Morgan fingerprint density at radius 3 is 2.81 bits per heavy atom. The Morgan fingerprint density at radius 1 is 1.62 bits per heavy atom. The van der Waals surface area contributed by atoms with Crippen LogP contribution in [-0.4, -0.2) is 30.8 Å². The summed E-state index contributed by atoms with van der Waals surface area (Å²) < 4.78 is 17.7. The molecule has 1 aromatic carbocycles. The summed E-state index contributed by atoms with van der Waals surface area (Å²) in [5.74, 6) is -1.61. The number of ether oxygens (including phenoxy) is 1. The molecule has 1 rings (SSSR count). The van der Waals surface area contributed by atoms with Crippen molar-refractivity contribution < 1.29 is 19.0 Å². The number of carbonyl (C=O) groups is 1. The van der Waals surface area contributed by atoms with Gasteiger partial charge in [-0.1, -0.05) is 11.6 Å². The number of aliphatic carboxylic acids is 1. The minimum Gasteiger partial charge on any atom is -0.480 e. The number of nitrogens with one attached hydrogen (secondary N) is 1. The van der Waals surface area contributed by atoms with E-state index in [1.165, 1.54) is 13.2 Å². The third-order valence-corrected chi connectivity index (χ3v) is 2.05. The Morgan fingerprint density at radius 2 is 2.31 bits per heavy atom. The van der Waals surface area contributed by atoms with Gasteiger partial charge in [-0.25, -0.2) is 9.18 Å². The number of hydrogen-bond acceptors (Lipinski definition) is 3. The van der Waals surface area contributed by atoms with Crippen molar-refractivity contribution >= 4 is 23.3 Å². The van der Waals surface area contributed by atoms with Crippen LogP contribution >= 0.6 is 11.6 Å². The lowest BCUT2D eigenvalue weighted by molar-refractivity contribution is -0.139. The minimum absolute atomic E-state index is 0.0243. The van der Waals surface area contributed by atoms with Crippen LogP contribution in [0.2, 0.25) is 5.02 Å². The van der Waals surface area contributed by atoms with Crippen LogP contribution in [0.4, 0.5) is 10.1 Å². The summed E-state index contributed by atoms with van der Waals surface area (Å²) in [5.41, 5.74) is 0.300. The average Bonchev–Trinajstić information content (AvgIpc) is 2.15. The van der Waals surface area contributed by atoms with Crippen LogP contribution in [-0.2, 0) is 9.53 Å². The molecule has 0 radical (unpaired) electrons. The topological polar surface area (TPSA) is 58.6 Å². The molecule has 0 aromatic heterocycles. The van der Waals surface area contributed by atoms with Gasteiger partial charge in [0.05, 0.1) is 6.61 Å². The summed E-state index contributed by atoms with van der Waals surface area (Å²) in [7, 11) is 1.39. The van der Waals surface area contributed by atoms with Crippen molar-refractivity contribution in [3.63, 3.8) is 0 Å². The second kappa shape index (κ2) is 5.67. The zero-order valence-corrected chi connectivity index (χ0v) is 9.29. The van der Waals surface area contributed by atoms with Crippen LogP contribution in [0, 0.1) is 5.82 Å². The van der Waals surface area contributed by atoms with Crippen molar-refractivity contribution in [2.75, 3.05) is 19.0 Å². The molecule has 0 saturated heterocycles. The molecule has 0 fully saturated rings. The third-order valence-electron chi connectivity index (χ3n) is 1.83. The Kier molecular flexibility index (Phi) is 4.52. The van der Waals surface area contributed by atoms with Gasteiger partial charge in [0.15, 0.2) is 0 Å². The van der Waals surface area contributed by atoms with Gasteiger partial charge in [0.2, 0.25) is 0 Å². The molecular formula is C10H11ClFNO3. The molecule has 2 N–H and O–H groups in total. The van der Waals surface area contributed by atoms with E-state index < -0.39 is 17.8 Å². The van der Waals surface area contributed by atoms with Crippen LogP contribution in [0.15, 0.2) is 18.2 Å². The van der Waals surface area contributed by atoms with E-state index in [0.29, 0.717) is 5.69 Å². The summed E-state index contributed by atoms with van der Waals surface area (Å²) in [5, 5.41) is 11.6. The van der Waals surface area contributed by atoms with Crippen molar-refractivity contribution in [2.24, 2.45) is 0 Å². The van der Waals surface area contributed by atoms with Crippen LogP contribution in [0.25, 0.3) is 0 Å². The van der Waals surface area contributed by atoms with Crippen LogP contribution in [0.3, 0.4) is 0 Å². The van der Waals surface area contributed by atoms with Gasteiger partial charge in [0.25, 0.3) is 0 Å². The molecule has 0 amide bonds. The molecule has 0 saturated carbocycles. The molecule has 88 valence electrons. The summed E-state index contributed by atoms with van der Waals surface area (Å²) in [6.45, 7) is -0.0243. The number of halogens is 2. The monoisotopic (exact) mass is 247 g/mol.